The van der Waals surface area contributed by atoms with E-state index in [0.717, 1.165) is 41.3 Å². The van der Waals surface area contributed by atoms with Gasteiger partial charge in [-0.15, -0.1) is 0 Å². The van der Waals surface area contributed by atoms with Gasteiger partial charge in [-0.2, -0.15) is 0 Å². The summed E-state index contributed by atoms with van der Waals surface area (Å²) in [6.07, 6.45) is 5.33. The van der Waals surface area contributed by atoms with Gasteiger partial charge in [0.1, 0.15) is 12.3 Å². The minimum Gasteiger partial charge on any atom is -0.495 e. The van der Waals surface area contributed by atoms with E-state index in [9.17, 15) is 13.2 Å². The summed E-state index contributed by atoms with van der Waals surface area (Å²) in [5, 5.41) is 0. The number of sulfonamides is 1. The molecule has 0 spiro atoms. The summed E-state index contributed by atoms with van der Waals surface area (Å²) in [6, 6.07) is 15.4. The Morgan fingerprint density at radius 2 is 1.78 bits per heavy atom. The Morgan fingerprint density at radius 3 is 2.41 bits per heavy atom. The first-order valence-electron chi connectivity index (χ1n) is 10.6. The Balaban J connectivity index is 1.60. The molecule has 0 aliphatic carbocycles. The zero-order chi connectivity index (χ0) is 23.1. The van der Waals surface area contributed by atoms with E-state index in [0.29, 0.717) is 24.5 Å². The second kappa shape index (κ2) is 10.7. The summed E-state index contributed by atoms with van der Waals surface area (Å²) in [5.41, 5.74) is 2.43. The molecule has 1 heterocycles. The topological polar surface area (TPSA) is 70.2 Å². The van der Waals surface area contributed by atoms with E-state index in [-0.39, 0.29) is 12.5 Å². The second-order valence-electron chi connectivity index (χ2n) is 7.94. The average Bonchev–Trinajstić information content (AvgIpc) is 2.77. The standard InChI is InChI=1S/C24H31N3O4S/c1-20-11-12-23(31-2)22(18-20)27(32(3,29)30)19-24(28)26-16-14-25(15-17-26)13-7-10-21-8-5-4-6-9-21/h4-12,18H,13-17,19H2,1-3H3/b10-7+. The van der Waals surface area contributed by atoms with E-state index in [1.807, 2.05) is 31.2 Å². The van der Waals surface area contributed by atoms with E-state index in [2.05, 4.69) is 29.2 Å². The molecule has 0 atom stereocenters. The number of methoxy groups -OCH3 is 1. The third-order valence-electron chi connectivity index (χ3n) is 5.48. The molecule has 0 N–H and O–H groups in total. The van der Waals surface area contributed by atoms with Crippen LogP contribution in [-0.4, -0.2) is 76.8 Å². The van der Waals surface area contributed by atoms with Crippen molar-refractivity contribution < 1.29 is 17.9 Å². The summed E-state index contributed by atoms with van der Waals surface area (Å²) in [4.78, 5) is 17.0. The highest BCUT2D eigenvalue weighted by atomic mass is 32.2. The van der Waals surface area contributed by atoms with Gasteiger partial charge in [-0.1, -0.05) is 48.6 Å². The molecule has 32 heavy (non-hydrogen) atoms. The smallest absolute Gasteiger partial charge is 0.243 e. The van der Waals surface area contributed by atoms with Crippen molar-refractivity contribution in [1.82, 2.24) is 9.80 Å². The van der Waals surface area contributed by atoms with Gasteiger partial charge < -0.3 is 9.64 Å². The monoisotopic (exact) mass is 457 g/mol. The minimum absolute atomic E-state index is 0.210. The summed E-state index contributed by atoms with van der Waals surface area (Å²) < 4.78 is 31.5. The number of carbonyl (C=O) groups excluding carboxylic acids is 1. The molecule has 1 aliphatic rings. The van der Waals surface area contributed by atoms with E-state index in [1.54, 1.807) is 17.0 Å². The van der Waals surface area contributed by atoms with Crippen molar-refractivity contribution in [2.75, 3.05) is 56.9 Å². The lowest BCUT2D eigenvalue weighted by molar-refractivity contribution is -0.131. The van der Waals surface area contributed by atoms with Crippen molar-refractivity contribution in [1.29, 1.82) is 0 Å². The Kier molecular flexibility index (Phi) is 7.93. The fourth-order valence-electron chi connectivity index (χ4n) is 3.68. The normalized spacial score (nSPS) is 15.2. The van der Waals surface area contributed by atoms with Gasteiger partial charge in [-0.05, 0) is 30.2 Å². The lowest BCUT2D eigenvalue weighted by Crippen LogP contribution is -2.51. The molecule has 2 aromatic rings. The molecule has 0 bridgehead atoms. The largest absolute Gasteiger partial charge is 0.495 e. The molecule has 2 aromatic carbocycles. The highest BCUT2D eigenvalue weighted by Crippen LogP contribution is 2.31. The van der Waals surface area contributed by atoms with Crippen LogP contribution in [-0.2, 0) is 14.8 Å². The molecule has 1 saturated heterocycles. The van der Waals surface area contributed by atoms with Crippen LogP contribution < -0.4 is 9.04 Å². The van der Waals surface area contributed by atoms with Crippen LogP contribution >= 0.6 is 0 Å². The molecular weight excluding hydrogens is 426 g/mol. The fraction of sp³-hybridized carbons (Fsp3) is 0.375. The van der Waals surface area contributed by atoms with Crippen LogP contribution in [0.15, 0.2) is 54.6 Å². The Morgan fingerprint density at radius 1 is 1.09 bits per heavy atom. The lowest BCUT2D eigenvalue weighted by atomic mass is 10.2. The summed E-state index contributed by atoms with van der Waals surface area (Å²) in [5.74, 6) is 0.210. The van der Waals surface area contributed by atoms with Crippen LogP contribution in [0.3, 0.4) is 0 Å². The third-order valence-corrected chi connectivity index (χ3v) is 6.61. The number of carbonyl (C=O) groups is 1. The van der Waals surface area contributed by atoms with Gasteiger partial charge in [0.05, 0.1) is 19.1 Å². The molecule has 1 fully saturated rings. The summed E-state index contributed by atoms with van der Waals surface area (Å²) in [7, 11) is -2.18. The van der Waals surface area contributed by atoms with Gasteiger partial charge in [0.2, 0.25) is 15.9 Å². The number of rotatable bonds is 8. The molecular formula is C24H31N3O4S. The number of hydrogen-bond acceptors (Lipinski definition) is 5. The van der Waals surface area contributed by atoms with Crippen LogP contribution in [0.2, 0.25) is 0 Å². The number of anilines is 1. The van der Waals surface area contributed by atoms with Gasteiger partial charge in [-0.3, -0.25) is 14.0 Å². The van der Waals surface area contributed by atoms with Gasteiger partial charge in [0, 0.05) is 32.7 Å². The van der Waals surface area contributed by atoms with Crippen molar-refractivity contribution in [2.45, 2.75) is 6.92 Å². The molecule has 7 nitrogen and oxygen atoms in total. The van der Waals surface area contributed by atoms with E-state index >= 15 is 0 Å². The SMILES string of the molecule is COc1ccc(C)cc1N(CC(=O)N1CCN(C/C=C/c2ccccc2)CC1)S(C)(=O)=O. The molecule has 0 aromatic heterocycles. The summed E-state index contributed by atoms with van der Waals surface area (Å²) in [6.45, 7) is 5.08. The Labute approximate surface area is 190 Å². The van der Waals surface area contributed by atoms with Gasteiger partial charge in [0.15, 0.2) is 0 Å². The number of benzene rings is 2. The zero-order valence-corrected chi connectivity index (χ0v) is 19.7. The van der Waals surface area contributed by atoms with Gasteiger partial charge in [0.25, 0.3) is 0 Å². The van der Waals surface area contributed by atoms with Crippen molar-refractivity contribution in [3.8, 4) is 5.75 Å². The summed E-state index contributed by atoms with van der Waals surface area (Å²) >= 11 is 0. The van der Waals surface area contributed by atoms with Crippen molar-refractivity contribution in [2.24, 2.45) is 0 Å². The maximum atomic E-state index is 13.0. The number of amides is 1. The van der Waals surface area contributed by atoms with Crippen LogP contribution in [0.4, 0.5) is 5.69 Å². The predicted octanol–water partition coefficient (Wildman–Crippen LogP) is 2.63. The first-order chi connectivity index (χ1) is 15.3. The van der Waals surface area contributed by atoms with Crippen LogP contribution in [0.25, 0.3) is 6.08 Å². The molecule has 3 rings (SSSR count). The van der Waals surface area contributed by atoms with Crippen molar-refractivity contribution >= 4 is 27.7 Å². The first kappa shape index (κ1) is 23.8. The second-order valence-corrected chi connectivity index (χ2v) is 9.85. The molecule has 0 unspecified atom stereocenters. The van der Waals surface area contributed by atoms with Crippen LogP contribution in [0, 0.1) is 6.92 Å². The minimum atomic E-state index is -3.66. The van der Waals surface area contributed by atoms with Crippen molar-refractivity contribution in [3.05, 3.63) is 65.7 Å². The highest BCUT2D eigenvalue weighted by Gasteiger charge is 2.28. The maximum absolute atomic E-state index is 13.0. The Hall–Kier alpha value is -2.84. The van der Waals surface area contributed by atoms with Gasteiger partial charge >= 0.3 is 0 Å². The number of ether oxygens (including phenoxy) is 1. The third kappa shape index (κ3) is 6.34. The highest BCUT2D eigenvalue weighted by molar-refractivity contribution is 7.92. The average molecular weight is 458 g/mol. The molecule has 0 radical (unpaired) electrons. The molecule has 172 valence electrons. The Bertz CT molecular complexity index is 1050. The number of hydrogen-bond donors (Lipinski definition) is 0. The number of aryl methyl sites for hydroxylation is 1. The van der Waals surface area contributed by atoms with Crippen molar-refractivity contribution in [3.63, 3.8) is 0 Å². The fourth-order valence-corrected chi connectivity index (χ4v) is 4.53. The zero-order valence-electron chi connectivity index (χ0n) is 18.9. The quantitative estimate of drug-likeness (QED) is 0.610. The van der Waals surface area contributed by atoms with E-state index in [4.69, 9.17) is 4.74 Å². The molecule has 8 heteroatoms. The predicted molar refractivity (Wildman–Crippen MR) is 128 cm³/mol. The first-order valence-corrected chi connectivity index (χ1v) is 12.5. The maximum Gasteiger partial charge on any atom is 0.243 e. The van der Waals surface area contributed by atoms with Gasteiger partial charge in [-0.25, -0.2) is 8.42 Å². The lowest BCUT2D eigenvalue weighted by Gasteiger charge is -2.35. The van der Waals surface area contributed by atoms with Crippen LogP contribution in [0.1, 0.15) is 11.1 Å². The van der Waals surface area contributed by atoms with E-state index in [1.165, 1.54) is 7.11 Å². The molecule has 1 amide bonds. The van der Waals surface area contributed by atoms with E-state index < -0.39 is 10.0 Å². The van der Waals surface area contributed by atoms with Crippen LogP contribution in [0.5, 0.6) is 5.75 Å². The number of nitrogens with zero attached hydrogens (tertiary/aromatic N) is 3. The molecule has 1 aliphatic heterocycles. The molecule has 0 saturated carbocycles. The number of piperazine rings is 1.